The molecule has 23 heavy (non-hydrogen) atoms. The lowest BCUT2D eigenvalue weighted by atomic mass is 9.91. The topological polar surface area (TPSA) is 53.4 Å². The molecule has 2 atom stereocenters. The number of likely N-dealkylation sites (tertiary alicyclic amines) is 1. The van der Waals surface area contributed by atoms with E-state index >= 15 is 0 Å². The highest BCUT2D eigenvalue weighted by atomic mass is 16.2. The van der Waals surface area contributed by atoms with Gasteiger partial charge in [0.25, 0.3) is 0 Å². The fourth-order valence-corrected chi connectivity index (χ4v) is 3.29. The van der Waals surface area contributed by atoms with Crippen LogP contribution in [0.3, 0.4) is 0 Å². The normalized spacial score (nSPS) is 21.8. The van der Waals surface area contributed by atoms with Gasteiger partial charge in [-0.1, -0.05) is 20.8 Å². The van der Waals surface area contributed by atoms with Gasteiger partial charge in [0.1, 0.15) is 5.82 Å². The van der Waals surface area contributed by atoms with Gasteiger partial charge in [-0.05, 0) is 18.3 Å². The number of rotatable bonds is 6. The van der Waals surface area contributed by atoms with Crippen molar-refractivity contribution in [2.75, 3.05) is 27.2 Å². The summed E-state index contributed by atoms with van der Waals surface area (Å²) in [6.07, 6.45) is 5.05. The van der Waals surface area contributed by atoms with Gasteiger partial charge in [-0.25, -0.2) is 9.78 Å². The van der Waals surface area contributed by atoms with Crippen molar-refractivity contribution in [2.24, 2.45) is 11.8 Å². The summed E-state index contributed by atoms with van der Waals surface area (Å²) in [5, 5.41) is 3.18. The molecule has 0 bridgehead atoms. The van der Waals surface area contributed by atoms with Crippen LogP contribution < -0.4 is 5.32 Å². The van der Waals surface area contributed by atoms with E-state index in [2.05, 4.69) is 46.7 Å². The van der Waals surface area contributed by atoms with Gasteiger partial charge in [0.05, 0.1) is 6.54 Å². The highest BCUT2D eigenvalue weighted by Crippen LogP contribution is 2.25. The number of urea groups is 1. The van der Waals surface area contributed by atoms with E-state index in [-0.39, 0.29) is 12.1 Å². The van der Waals surface area contributed by atoms with Crippen molar-refractivity contribution in [3.05, 3.63) is 18.2 Å². The molecule has 6 heteroatoms. The van der Waals surface area contributed by atoms with Gasteiger partial charge in [-0.3, -0.25) is 4.90 Å². The number of nitrogens with one attached hydrogen (secondary N) is 1. The summed E-state index contributed by atoms with van der Waals surface area (Å²) in [5.74, 6) is 2.14. The third-order valence-electron chi connectivity index (χ3n) is 4.64. The Morgan fingerprint density at radius 1 is 1.43 bits per heavy atom. The molecule has 6 nitrogen and oxygen atoms in total. The van der Waals surface area contributed by atoms with Gasteiger partial charge in [0, 0.05) is 52.2 Å². The first kappa shape index (κ1) is 17.8. The molecule has 2 rings (SSSR count). The molecule has 0 saturated carbocycles. The highest BCUT2D eigenvalue weighted by Gasteiger charge is 2.36. The van der Waals surface area contributed by atoms with Gasteiger partial charge in [0.15, 0.2) is 0 Å². The van der Waals surface area contributed by atoms with E-state index in [1.54, 1.807) is 19.0 Å². The second-order valence-electron chi connectivity index (χ2n) is 7.09. The average molecular weight is 321 g/mol. The number of amides is 2. The van der Waals surface area contributed by atoms with E-state index in [4.69, 9.17) is 0 Å². The number of hydrogen-bond donors (Lipinski definition) is 1. The second kappa shape index (κ2) is 7.81. The Hall–Kier alpha value is -1.56. The molecule has 2 amide bonds. The van der Waals surface area contributed by atoms with Crippen molar-refractivity contribution in [2.45, 2.75) is 46.3 Å². The fraction of sp³-hybridized carbons (Fsp3) is 0.765. The molecule has 0 unspecified atom stereocenters. The van der Waals surface area contributed by atoms with E-state index in [0.717, 1.165) is 38.4 Å². The number of aromatic nitrogens is 2. The van der Waals surface area contributed by atoms with Crippen LogP contribution >= 0.6 is 0 Å². The van der Waals surface area contributed by atoms with Crippen molar-refractivity contribution < 1.29 is 4.79 Å². The predicted octanol–water partition coefficient (Wildman–Crippen LogP) is 2.02. The molecule has 1 aliphatic rings. The summed E-state index contributed by atoms with van der Waals surface area (Å²) in [5.41, 5.74) is 0. The Morgan fingerprint density at radius 2 is 2.17 bits per heavy atom. The first-order valence-electron chi connectivity index (χ1n) is 8.62. The first-order chi connectivity index (χ1) is 10.9. The lowest BCUT2D eigenvalue weighted by Gasteiger charge is -2.24. The minimum Gasteiger partial charge on any atom is -0.334 e. The molecule has 1 N–H and O–H groups in total. The third-order valence-corrected chi connectivity index (χ3v) is 4.64. The number of carbonyl (C=O) groups excluding carboxylic acids is 1. The van der Waals surface area contributed by atoms with Crippen LogP contribution in [0.5, 0.6) is 0 Å². The Bertz CT molecular complexity index is 511. The summed E-state index contributed by atoms with van der Waals surface area (Å²) in [7, 11) is 3.57. The van der Waals surface area contributed by atoms with Crippen LogP contribution in [-0.2, 0) is 13.1 Å². The number of nitrogens with zero attached hydrogens (tertiary/aromatic N) is 4. The first-order valence-corrected chi connectivity index (χ1v) is 8.62. The van der Waals surface area contributed by atoms with Crippen molar-refractivity contribution in [3.63, 3.8) is 0 Å². The SMILES string of the molecule is CCCn1ccnc1CN1C[C@@H](NC(=O)N(C)C)[C@H](C(C)C)C1. The largest absolute Gasteiger partial charge is 0.334 e. The smallest absolute Gasteiger partial charge is 0.317 e. The zero-order valence-electron chi connectivity index (χ0n) is 15.1. The predicted molar refractivity (Wildman–Crippen MR) is 92.1 cm³/mol. The lowest BCUT2D eigenvalue weighted by Crippen LogP contribution is -2.46. The molecule has 0 aliphatic carbocycles. The minimum absolute atomic E-state index is 0.00465. The van der Waals surface area contributed by atoms with Crippen molar-refractivity contribution in [1.82, 2.24) is 24.7 Å². The molecule has 0 radical (unpaired) electrons. The van der Waals surface area contributed by atoms with Crippen LogP contribution in [0.15, 0.2) is 12.4 Å². The monoisotopic (exact) mass is 321 g/mol. The third kappa shape index (κ3) is 4.47. The zero-order chi connectivity index (χ0) is 17.0. The lowest BCUT2D eigenvalue weighted by molar-refractivity contribution is 0.207. The number of carbonyl (C=O) groups is 1. The Labute approximate surface area is 139 Å². The summed E-state index contributed by atoms with van der Waals surface area (Å²) in [6.45, 7) is 10.4. The second-order valence-corrected chi connectivity index (χ2v) is 7.09. The number of hydrogen-bond acceptors (Lipinski definition) is 3. The molecule has 1 aromatic heterocycles. The quantitative estimate of drug-likeness (QED) is 0.872. The van der Waals surface area contributed by atoms with Crippen LogP contribution in [0.25, 0.3) is 0 Å². The van der Waals surface area contributed by atoms with Gasteiger partial charge in [-0.2, -0.15) is 0 Å². The van der Waals surface area contributed by atoms with Crippen molar-refractivity contribution in [3.8, 4) is 0 Å². The maximum absolute atomic E-state index is 12.0. The van der Waals surface area contributed by atoms with Gasteiger partial charge < -0.3 is 14.8 Å². The fourth-order valence-electron chi connectivity index (χ4n) is 3.29. The molecular weight excluding hydrogens is 290 g/mol. The van der Waals surface area contributed by atoms with Gasteiger partial charge in [-0.15, -0.1) is 0 Å². The van der Waals surface area contributed by atoms with Crippen LogP contribution in [-0.4, -0.2) is 58.6 Å². The van der Waals surface area contributed by atoms with Gasteiger partial charge in [0.2, 0.25) is 0 Å². The molecule has 1 fully saturated rings. The summed E-state index contributed by atoms with van der Waals surface area (Å²) in [4.78, 5) is 20.5. The molecule has 1 aliphatic heterocycles. The summed E-state index contributed by atoms with van der Waals surface area (Å²) < 4.78 is 2.23. The molecule has 0 spiro atoms. The molecule has 1 saturated heterocycles. The van der Waals surface area contributed by atoms with E-state index in [1.807, 2.05) is 6.20 Å². The molecular formula is C17H31N5O. The zero-order valence-corrected chi connectivity index (χ0v) is 15.1. The minimum atomic E-state index is -0.00465. The summed E-state index contributed by atoms with van der Waals surface area (Å²) in [6, 6.07) is 0.203. The Kier molecular flexibility index (Phi) is 6.04. The van der Waals surface area contributed by atoms with Crippen LogP contribution in [0.4, 0.5) is 4.79 Å². The molecule has 1 aromatic rings. The highest BCUT2D eigenvalue weighted by molar-refractivity contribution is 5.73. The maximum Gasteiger partial charge on any atom is 0.317 e. The standard InChI is InChI=1S/C17H31N5O/c1-6-8-22-9-7-18-16(22)12-21-10-14(13(2)3)15(11-21)19-17(23)20(4)5/h7,9,13-15H,6,8,10-12H2,1-5H3,(H,19,23)/t14-,15+/m0/s1. The van der Waals surface area contributed by atoms with E-state index in [1.165, 1.54) is 0 Å². The summed E-state index contributed by atoms with van der Waals surface area (Å²) >= 11 is 0. The van der Waals surface area contributed by atoms with E-state index in [9.17, 15) is 4.79 Å². The van der Waals surface area contributed by atoms with E-state index < -0.39 is 0 Å². The van der Waals surface area contributed by atoms with E-state index in [0.29, 0.717) is 11.8 Å². The molecule has 2 heterocycles. The van der Waals surface area contributed by atoms with Crippen LogP contribution in [0.2, 0.25) is 0 Å². The maximum atomic E-state index is 12.0. The Balaban J connectivity index is 2.01. The number of imidazole rings is 1. The average Bonchev–Trinajstić information content (AvgIpc) is 3.07. The number of aryl methyl sites for hydroxylation is 1. The van der Waals surface area contributed by atoms with Gasteiger partial charge >= 0.3 is 6.03 Å². The Morgan fingerprint density at radius 3 is 2.78 bits per heavy atom. The molecule has 0 aromatic carbocycles. The van der Waals surface area contributed by atoms with Crippen molar-refractivity contribution in [1.29, 1.82) is 0 Å². The van der Waals surface area contributed by atoms with Crippen molar-refractivity contribution >= 4 is 6.03 Å². The van der Waals surface area contributed by atoms with Crippen LogP contribution in [0, 0.1) is 11.8 Å². The van der Waals surface area contributed by atoms with Crippen LogP contribution in [0.1, 0.15) is 33.0 Å². The molecule has 130 valence electrons.